The van der Waals surface area contributed by atoms with Gasteiger partial charge in [-0.25, -0.2) is 9.18 Å². The summed E-state index contributed by atoms with van der Waals surface area (Å²) in [6, 6.07) is 5.58. The van der Waals surface area contributed by atoms with Gasteiger partial charge >= 0.3 is 5.97 Å². The van der Waals surface area contributed by atoms with Crippen LogP contribution in [-0.4, -0.2) is 25.0 Å². The normalized spacial score (nSPS) is 18.5. The topological polar surface area (TPSA) is 95.5 Å². The molecule has 6 nitrogen and oxygen atoms in total. The Bertz CT molecular complexity index is 935. The van der Waals surface area contributed by atoms with Crippen molar-refractivity contribution in [3.63, 3.8) is 0 Å². The summed E-state index contributed by atoms with van der Waals surface area (Å²) in [4.78, 5) is 36.4. The molecule has 1 aromatic heterocycles. The first kappa shape index (κ1) is 19.8. The maximum Gasteiger partial charge on any atom is 0.341 e. The molecule has 1 aromatic carbocycles. The maximum atomic E-state index is 13.2. The Morgan fingerprint density at radius 2 is 1.79 bits per heavy atom. The standard InChI is InChI=1S/C20H18FNO5S/c1-27-20(26)16-15(11-6-8-12(21)9-7-11)10-28-18(16)22-17(23)13-4-2-3-5-14(13)19(24)25/h2-3,6-10,13-14H,4-5H2,1H3,(H,22,23)(H,24,25)/p-1/t13-,14-/m1/s1. The predicted molar refractivity (Wildman–Crippen MR) is 100 cm³/mol. The lowest BCUT2D eigenvalue weighted by Gasteiger charge is -2.28. The Balaban J connectivity index is 1.92. The molecular weight excluding hydrogens is 385 g/mol. The minimum Gasteiger partial charge on any atom is -0.550 e. The lowest BCUT2D eigenvalue weighted by Crippen LogP contribution is -2.41. The first-order valence-electron chi connectivity index (χ1n) is 8.54. The fourth-order valence-corrected chi connectivity index (χ4v) is 4.13. The number of thiophene rings is 1. The van der Waals surface area contributed by atoms with Gasteiger partial charge in [0.05, 0.1) is 13.0 Å². The van der Waals surface area contributed by atoms with Crippen LogP contribution in [0, 0.1) is 17.7 Å². The number of rotatable bonds is 5. The summed E-state index contributed by atoms with van der Waals surface area (Å²) in [6.07, 6.45) is 3.95. The van der Waals surface area contributed by atoms with Crippen LogP contribution in [0.15, 0.2) is 41.8 Å². The van der Waals surface area contributed by atoms with Gasteiger partial charge in [0.25, 0.3) is 0 Å². The third-order valence-electron chi connectivity index (χ3n) is 4.64. The molecule has 146 valence electrons. The van der Waals surface area contributed by atoms with Gasteiger partial charge in [-0.05, 0) is 30.5 Å². The molecular formula is C20H17FNO5S-. The van der Waals surface area contributed by atoms with Crippen LogP contribution in [-0.2, 0) is 14.3 Å². The number of carboxylic acids is 1. The van der Waals surface area contributed by atoms with E-state index in [1.807, 2.05) is 0 Å². The number of esters is 1. The van der Waals surface area contributed by atoms with Crippen LogP contribution in [0.1, 0.15) is 23.2 Å². The number of hydrogen-bond donors (Lipinski definition) is 1. The minimum atomic E-state index is -1.28. The minimum absolute atomic E-state index is 0.142. The number of ether oxygens (including phenoxy) is 1. The smallest absolute Gasteiger partial charge is 0.341 e. The molecule has 0 saturated carbocycles. The number of allylic oxidation sites excluding steroid dienone is 2. The Morgan fingerprint density at radius 1 is 1.14 bits per heavy atom. The molecule has 0 saturated heterocycles. The molecule has 1 aliphatic rings. The third-order valence-corrected chi connectivity index (χ3v) is 5.54. The van der Waals surface area contributed by atoms with E-state index in [0.717, 1.165) is 11.3 Å². The summed E-state index contributed by atoms with van der Waals surface area (Å²) >= 11 is 1.11. The van der Waals surface area contributed by atoms with E-state index in [9.17, 15) is 23.9 Å². The van der Waals surface area contributed by atoms with Gasteiger partial charge in [0.2, 0.25) is 5.91 Å². The van der Waals surface area contributed by atoms with Crippen molar-refractivity contribution in [2.45, 2.75) is 12.8 Å². The molecule has 1 heterocycles. The fraction of sp³-hybridized carbons (Fsp3) is 0.250. The summed E-state index contributed by atoms with van der Waals surface area (Å²) in [7, 11) is 1.22. The lowest BCUT2D eigenvalue weighted by atomic mass is 9.82. The van der Waals surface area contributed by atoms with Gasteiger partial charge in [-0.2, -0.15) is 0 Å². The number of nitrogens with one attached hydrogen (secondary N) is 1. The van der Waals surface area contributed by atoms with Crippen molar-refractivity contribution in [1.82, 2.24) is 0 Å². The number of methoxy groups -OCH3 is 1. The molecule has 0 spiro atoms. The quantitative estimate of drug-likeness (QED) is 0.613. The van der Waals surface area contributed by atoms with Gasteiger partial charge in [0.1, 0.15) is 16.4 Å². The number of benzene rings is 1. The van der Waals surface area contributed by atoms with Crippen molar-refractivity contribution >= 4 is 34.2 Å². The Labute approximate surface area is 164 Å². The highest BCUT2D eigenvalue weighted by atomic mass is 32.1. The predicted octanol–water partition coefficient (Wildman–Crippen LogP) is 2.61. The van der Waals surface area contributed by atoms with Gasteiger partial charge in [-0.15, -0.1) is 11.3 Å². The summed E-state index contributed by atoms with van der Waals surface area (Å²) in [5, 5.41) is 15.9. The van der Waals surface area contributed by atoms with Crippen molar-refractivity contribution in [2.75, 3.05) is 12.4 Å². The highest BCUT2D eigenvalue weighted by Crippen LogP contribution is 2.37. The number of carboxylic acid groups (broad SMARTS) is 1. The molecule has 2 aromatic rings. The van der Waals surface area contributed by atoms with Gasteiger partial charge < -0.3 is 20.0 Å². The molecule has 0 aliphatic heterocycles. The van der Waals surface area contributed by atoms with Crippen LogP contribution in [0.2, 0.25) is 0 Å². The molecule has 2 atom stereocenters. The summed E-state index contributed by atoms with van der Waals surface area (Å²) in [5.41, 5.74) is 1.22. The van der Waals surface area contributed by atoms with E-state index in [1.165, 1.54) is 31.4 Å². The van der Waals surface area contributed by atoms with E-state index in [-0.39, 0.29) is 23.4 Å². The SMILES string of the molecule is COC(=O)c1c(-c2ccc(F)cc2)csc1NC(=O)[C@@H]1CC=CC[C@H]1C(=O)[O-]. The highest BCUT2D eigenvalue weighted by molar-refractivity contribution is 7.15. The van der Waals surface area contributed by atoms with E-state index in [4.69, 9.17) is 4.74 Å². The van der Waals surface area contributed by atoms with Crippen molar-refractivity contribution in [3.8, 4) is 11.1 Å². The molecule has 0 bridgehead atoms. The maximum absolute atomic E-state index is 13.2. The number of amides is 1. The number of halogens is 1. The van der Waals surface area contributed by atoms with E-state index < -0.39 is 35.5 Å². The highest BCUT2D eigenvalue weighted by Gasteiger charge is 2.31. The summed E-state index contributed by atoms with van der Waals surface area (Å²) in [6.45, 7) is 0. The van der Waals surface area contributed by atoms with Crippen molar-refractivity contribution < 1.29 is 28.6 Å². The number of anilines is 1. The fourth-order valence-electron chi connectivity index (χ4n) is 3.17. The van der Waals surface area contributed by atoms with E-state index in [2.05, 4.69) is 5.32 Å². The Morgan fingerprint density at radius 3 is 2.39 bits per heavy atom. The molecule has 0 unspecified atom stereocenters. The number of aliphatic carboxylic acids is 1. The molecule has 1 N–H and O–H groups in total. The van der Waals surface area contributed by atoms with E-state index in [1.54, 1.807) is 17.5 Å². The molecule has 28 heavy (non-hydrogen) atoms. The molecule has 0 radical (unpaired) electrons. The second-order valence-corrected chi connectivity index (χ2v) is 7.20. The zero-order valence-electron chi connectivity index (χ0n) is 14.9. The van der Waals surface area contributed by atoms with Crippen LogP contribution < -0.4 is 10.4 Å². The van der Waals surface area contributed by atoms with Crippen molar-refractivity contribution in [2.24, 2.45) is 11.8 Å². The van der Waals surface area contributed by atoms with E-state index in [0.29, 0.717) is 11.1 Å². The van der Waals surface area contributed by atoms with Crippen molar-refractivity contribution in [3.05, 3.63) is 53.2 Å². The summed E-state index contributed by atoms with van der Waals surface area (Å²) in [5.74, 6) is -4.58. The van der Waals surface area contributed by atoms with Gasteiger partial charge in [0, 0.05) is 22.8 Å². The van der Waals surface area contributed by atoms with Gasteiger partial charge in [0.15, 0.2) is 0 Å². The third kappa shape index (κ3) is 3.96. The van der Waals surface area contributed by atoms with E-state index >= 15 is 0 Å². The largest absolute Gasteiger partial charge is 0.550 e. The van der Waals surface area contributed by atoms with Gasteiger partial charge in [-0.1, -0.05) is 24.3 Å². The lowest BCUT2D eigenvalue weighted by molar-refractivity contribution is -0.313. The Kier molecular flexibility index (Phi) is 5.89. The second-order valence-electron chi connectivity index (χ2n) is 6.32. The number of carbonyl (C=O) groups is 3. The molecule has 8 heteroatoms. The van der Waals surface area contributed by atoms with Crippen LogP contribution >= 0.6 is 11.3 Å². The molecule has 1 aliphatic carbocycles. The first-order valence-corrected chi connectivity index (χ1v) is 9.42. The summed E-state index contributed by atoms with van der Waals surface area (Å²) < 4.78 is 18.0. The Hall–Kier alpha value is -3.00. The number of carbonyl (C=O) groups excluding carboxylic acids is 3. The number of hydrogen-bond acceptors (Lipinski definition) is 6. The molecule has 1 amide bonds. The van der Waals surface area contributed by atoms with Crippen LogP contribution in [0.5, 0.6) is 0 Å². The van der Waals surface area contributed by atoms with Gasteiger partial charge in [-0.3, -0.25) is 4.79 Å². The van der Waals surface area contributed by atoms with Crippen LogP contribution in [0.4, 0.5) is 9.39 Å². The molecule has 0 fully saturated rings. The average Bonchev–Trinajstić information content (AvgIpc) is 3.11. The zero-order valence-corrected chi connectivity index (χ0v) is 15.8. The molecule has 3 rings (SSSR count). The zero-order chi connectivity index (χ0) is 20.3. The van der Waals surface area contributed by atoms with Crippen molar-refractivity contribution in [1.29, 1.82) is 0 Å². The van der Waals surface area contributed by atoms with Crippen LogP contribution in [0.3, 0.4) is 0 Å². The average molecular weight is 402 g/mol. The van der Waals surface area contributed by atoms with Crippen LogP contribution in [0.25, 0.3) is 11.1 Å². The first-order chi connectivity index (χ1) is 13.4. The second kappa shape index (κ2) is 8.35. The monoisotopic (exact) mass is 402 g/mol.